The number of ether oxygens (including phenoxy) is 1. The van der Waals surface area contributed by atoms with Crippen molar-refractivity contribution >= 4 is 30.2 Å². The lowest BCUT2D eigenvalue weighted by molar-refractivity contribution is -0.136. The fourth-order valence-electron chi connectivity index (χ4n) is 3.46. The van der Waals surface area contributed by atoms with Crippen molar-refractivity contribution in [2.75, 3.05) is 0 Å². The molecule has 0 aromatic heterocycles. The molecule has 1 heterocycles. The summed E-state index contributed by atoms with van der Waals surface area (Å²) in [5.74, 6) is 2.95. The Balaban J connectivity index is 0.00000480. The van der Waals surface area contributed by atoms with Crippen LogP contribution in [0, 0.1) is 5.92 Å². The molecule has 1 aliphatic rings. The average Bonchev–Trinajstić information content (AvgIpc) is 2.69. The zero-order valence-electron chi connectivity index (χ0n) is 17.4. The third kappa shape index (κ3) is 7.06. The van der Waals surface area contributed by atoms with Crippen LogP contribution in [0.5, 0.6) is 5.75 Å². The Hall–Kier alpha value is -2.40. The Bertz CT molecular complexity index is 790. The molecule has 0 saturated carbocycles. The third-order valence-electron chi connectivity index (χ3n) is 4.98. The van der Waals surface area contributed by atoms with Crippen molar-refractivity contribution in [3.8, 4) is 5.75 Å². The lowest BCUT2D eigenvalue weighted by Crippen LogP contribution is -2.49. The molecule has 174 valence electrons. The number of hydrazine groups is 1. The number of phenolic OH excluding ortho intramolecular Hbond substituents is 1. The molecule has 1 aromatic carbocycles. The molecule has 1 aliphatic heterocycles. The van der Waals surface area contributed by atoms with Crippen LogP contribution in [-0.4, -0.2) is 57.5 Å². The van der Waals surface area contributed by atoms with Crippen LogP contribution >= 0.6 is 12.4 Å². The van der Waals surface area contributed by atoms with Gasteiger partial charge in [-0.25, -0.2) is 10.6 Å². The van der Waals surface area contributed by atoms with E-state index in [1.165, 1.54) is 6.07 Å². The van der Waals surface area contributed by atoms with Crippen LogP contribution in [0.3, 0.4) is 0 Å². The first-order valence-corrected chi connectivity index (χ1v) is 9.81. The van der Waals surface area contributed by atoms with Crippen molar-refractivity contribution in [3.05, 3.63) is 29.3 Å². The molecule has 7 N–H and O–H groups in total. The number of fused-ring (bicyclic) bond motifs is 1. The topological polar surface area (TPSA) is 171 Å². The maximum atomic E-state index is 12.4. The van der Waals surface area contributed by atoms with Gasteiger partial charge in [-0.1, -0.05) is 26.0 Å². The van der Waals surface area contributed by atoms with Crippen molar-refractivity contribution in [3.63, 3.8) is 0 Å². The van der Waals surface area contributed by atoms with Gasteiger partial charge in [-0.05, 0) is 30.4 Å². The van der Waals surface area contributed by atoms with Crippen LogP contribution in [0.25, 0.3) is 0 Å². The molecular weight excluding hydrogens is 430 g/mol. The van der Waals surface area contributed by atoms with E-state index in [9.17, 15) is 29.7 Å². The number of esters is 1. The number of nitrogens with one attached hydrogen (secondary N) is 2. The number of aliphatic hydroxyl groups is 2. The molecule has 1 aromatic rings. The first-order valence-electron chi connectivity index (χ1n) is 9.81. The van der Waals surface area contributed by atoms with E-state index in [1.807, 2.05) is 13.8 Å². The molecule has 0 radical (unpaired) electrons. The van der Waals surface area contributed by atoms with E-state index in [1.54, 1.807) is 17.6 Å². The number of carbonyl (C=O) groups is 3. The van der Waals surface area contributed by atoms with Gasteiger partial charge in [0.1, 0.15) is 17.4 Å². The second kappa shape index (κ2) is 11.8. The van der Waals surface area contributed by atoms with Gasteiger partial charge in [0.15, 0.2) is 6.10 Å². The number of rotatable bonds is 9. The molecule has 4 atom stereocenters. The molecule has 0 fully saturated rings. The number of cyclic esters (lactones) is 1. The van der Waals surface area contributed by atoms with Crippen molar-refractivity contribution in [2.24, 2.45) is 11.8 Å². The molecular formula is C20H30ClN3O7. The third-order valence-corrected chi connectivity index (χ3v) is 4.98. The predicted molar refractivity (Wildman–Crippen MR) is 113 cm³/mol. The summed E-state index contributed by atoms with van der Waals surface area (Å²) in [6.45, 7) is 3.93. The number of amides is 2. The van der Waals surface area contributed by atoms with Gasteiger partial charge in [0.05, 0.1) is 12.1 Å². The number of carbonyl (C=O) groups excluding carboxylic acids is 3. The Morgan fingerprint density at radius 1 is 1.29 bits per heavy atom. The van der Waals surface area contributed by atoms with Gasteiger partial charge in [0.2, 0.25) is 5.91 Å². The summed E-state index contributed by atoms with van der Waals surface area (Å²) in [4.78, 5) is 36.0. The van der Waals surface area contributed by atoms with Crippen LogP contribution in [0.15, 0.2) is 18.2 Å². The summed E-state index contributed by atoms with van der Waals surface area (Å²) in [6, 6.07) is 4.31. The highest BCUT2D eigenvalue weighted by molar-refractivity contribution is 5.95. The largest absolute Gasteiger partial charge is 0.507 e. The van der Waals surface area contributed by atoms with Crippen LogP contribution < -0.4 is 16.6 Å². The van der Waals surface area contributed by atoms with E-state index in [0.29, 0.717) is 18.4 Å². The first-order chi connectivity index (χ1) is 14.1. The summed E-state index contributed by atoms with van der Waals surface area (Å²) in [5.41, 5.74) is 2.51. The maximum absolute atomic E-state index is 12.4. The molecule has 2 rings (SSSR count). The van der Waals surface area contributed by atoms with Gasteiger partial charge in [-0.15, -0.1) is 12.4 Å². The van der Waals surface area contributed by atoms with E-state index in [-0.39, 0.29) is 42.5 Å². The van der Waals surface area contributed by atoms with Gasteiger partial charge < -0.3 is 25.4 Å². The highest BCUT2D eigenvalue weighted by Gasteiger charge is 2.35. The first kappa shape index (κ1) is 26.6. The summed E-state index contributed by atoms with van der Waals surface area (Å²) >= 11 is 0. The van der Waals surface area contributed by atoms with Crippen LogP contribution in [-0.2, 0) is 20.7 Å². The van der Waals surface area contributed by atoms with Crippen molar-refractivity contribution in [2.45, 2.75) is 63.9 Å². The summed E-state index contributed by atoms with van der Waals surface area (Å²) in [6.07, 6.45) is -3.23. The fourth-order valence-corrected chi connectivity index (χ4v) is 3.46. The smallest absolute Gasteiger partial charge is 0.342 e. The summed E-state index contributed by atoms with van der Waals surface area (Å²) in [7, 11) is 0. The summed E-state index contributed by atoms with van der Waals surface area (Å²) in [5, 5.41) is 32.2. The van der Waals surface area contributed by atoms with Gasteiger partial charge in [-0.3, -0.25) is 15.0 Å². The quantitative estimate of drug-likeness (QED) is 0.129. The summed E-state index contributed by atoms with van der Waals surface area (Å²) < 4.78 is 5.50. The van der Waals surface area contributed by atoms with E-state index in [0.717, 1.165) is 0 Å². The number of aromatic hydroxyl groups is 1. The maximum Gasteiger partial charge on any atom is 0.342 e. The minimum Gasteiger partial charge on any atom is -0.507 e. The molecule has 11 heteroatoms. The lowest BCUT2D eigenvalue weighted by atomic mass is 9.90. The molecule has 0 saturated heterocycles. The minimum absolute atomic E-state index is 0. The molecule has 0 aliphatic carbocycles. The van der Waals surface area contributed by atoms with Gasteiger partial charge in [0.25, 0.3) is 5.91 Å². The number of benzene rings is 1. The molecule has 2 amide bonds. The van der Waals surface area contributed by atoms with Crippen molar-refractivity contribution in [1.29, 1.82) is 0 Å². The zero-order valence-corrected chi connectivity index (χ0v) is 18.2. The number of phenols is 1. The Morgan fingerprint density at radius 3 is 2.58 bits per heavy atom. The second-order valence-corrected chi connectivity index (χ2v) is 7.82. The average molecular weight is 460 g/mol. The van der Waals surface area contributed by atoms with Crippen LogP contribution in [0.4, 0.5) is 0 Å². The minimum atomic E-state index is -1.74. The number of hydrogen-bond donors (Lipinski definition) is 6. The monoisotopic (exact) mass is 459 g/mol. The zero-order chi connectivity index (χ0) is 22.4. The van der Waals surface area contributed by atoms with Crippen LogP contribution in [0.2, 0.25) is 0 Å². The number of nitrogens with two attached hydrogens (primary N) is 1. The standard InChI is InChI=1S/C20H29N3O7.ClH/c1-10(2)8-12(22-16(26)7-6-14(25)18(27)19(28)23-21)15-9-11-4-3-5-13(24)17(11)20(29)30-15;/h3-5,10,12,14-15,18,24-25,27H,6-9,21H2,1-2H3,(H,22,26)(H,23,28);1H. The van der Waals surface area contributed by atoms with E-state index >= 15 is 0 Å². The predicted octanol–water partition coefficient (Wildman–Crippen LogP) is -0.0817. The molecule has 31 heavy (non-hydrogen) atoms. The number of aliphatic hydroxyl groups excluding tert-OH is 2. The number of hydrogen-bond acceptors (Lipinski definition) is 8. The van der Waals surface area contributed by atoms with Crippen LogP contribution in [0.1, 0.15) is 49.0 Å². The van der Waals surface area contributed by atoms with Gasteiger partial charge >= 0.3 is 5.97 Å². The normalized spacial score (nSPS) is 18.1. The Morgan fingerprint density at radius 2 is 1.97 bits per heavy atom. The van der Waals surface area contributed by atoms with E-state index < -0.39 is 42.1 Å². The highest BCUT2D eigenvalue weighted by Crippen LogP contribution is 2.30. The van der Waals surface area contributed by atoms with Gasteiger partial charge in [0, 0.05) is 12.8 Å². The molecule has 0 spiro atoms. The Labute approximate surface area is 186 Å². The SMILES string of the molecule is CC(C)CC(NC(=O)CCC(O)C(O)C(=O)NN)C1Cc2cccc(O)c2C(=O)O1.Cl. The molecule has 0 bridgehead atoms. The fraction of sp³-hybridized carbons (Fsp3) is 0.550. The molecule has 10 nitrogen and oxygen atoms in total. The Kier molecular flexibility index (Phi) is 10.2. The highest BCUT2D eigenvalue weighted by atomic mass is 35.5. The van der Waals surface area contributed by atoms with E-state index in [4.69, 9.17) is 10.6 Å². The van der Waals surface area contributed by atoms with Crippen molar-refractivity contribution < 1.29 is 34.4 Å². The van der Waals surface area contributed by atoms with Gasteiger partial charge in [-0.2, -0.15) is 0 Å². The number of halogens is 1. The molecule has 4 unspecified atom stereocenters. The second-order valence-electron chi connectivity index (χ2n) is 7.82. The lowest BCUT2D eigenvalue weighted by Gasteiger charge is -2.33. The van der Waals surface area contributed by atoms with Crippen molar-refractivity contribution in [1.82, 2.24) is 10.7 Å². The van der Waals surface area contributed by atoms with E-state index in [2.05, 4.69) is 5.32 Å².